The number of aromatic nitrogens is 2. The molecule has 0 aromatic carbocycles. The Morgan fingerprint density at radius 2 is 1.89 bits per heavy atom. The molecule has 0 atom stereocenters. The Morgan fingerprint density at radius 3 is 2.42 bits per heavy atom. The van der Waals surface area contributed by atoms with Crippen molar-refractivity contribution >= 4 is 23.0 Å². The molecule has 7 nitrogen and oxygen atoms in total. The molecule has 0 saturated heterocycles. The number of hydrogen-bond acceptors (Lipinski definition) is 4. The van der Waals surface area contributed by atoms with Gasteiger partial charge in [0.25, 0.3) is 0 Å². The van der Waals surface area contributed by atoms with Gasteiger partial charge in [-0.2, -0.15) is 0 Å². The summed E-state index contributed by atoms with van der Waals surface area (Å²) < 4.78 is 0.710. The molecule has 0 spiro atoms. The second-order valence-electron chi connectivity index (χ2n) is 4.07. The number of hydrogen-bond donors (Lipinski definition) is 2. The molecule has 0 aliphatic rings. The number of aryl methyl sites for hydroxylation is 2. The fraction of sp³-hybridized carbons (Fsp3) is 0.167. The normalized spacial score (nSPS) is 10.6. The second-order valence-corrected chi connectivity index (χ2v) is 4.07. The summed E-state index contributed by atoms with van der Waals surface area (Å²) in [6.45, 7) is 3.21. The summed E-state index contributed by atoms with van der Waals surface area (Å²) in [7, 11) is 0. The zero-order valence-corrected chi connectivity index (χ0v) is 10.2. The van der Waals surface area contributed by atoms with Crippen molar-refractivity contribution in [3.63, 3.8) is 0 Å². The molecule has 2 rings (SSSR count). The summed E-state index contributed by atoms with van der Waals surface area (Å²) in [5.41, 5.74) is -0.324. The second kappa shape index (κ2) is 4.20. The molecule has 0 aliphatic carbocycles. The molecule has 0 radical (unpaired) electrons. The quantitative estimate of drug-likeness (QED) is 0.800. The van der Waals surface area contributed by atoms with Gasteiger partial charge < -0.3 is 10.2 Å². The number of carboxylic acids is 1. The minimum absolute atomic E-state index is 0.0345. The van der Waals surface area contributed by atoms with E-state index in [2.05, 4.69) is 4.98 Å². The monoisotopic (exact) mass is 262 g/mol. The lowest BCUT2D eigenvalue weighted by molar-refractivity contribution is 0.0695. The predicted octanol–water partition coefficient (Wildman–Crippen LogP) is 1.24. The summed E-state index contributed by atoms with van der Waals surface area (Å²) in [6, 6.07) is 1.39. The number of fused-ring (bicyclic) bond motifs is 1. The van der Waals surface area contributed by atoms with Crippen LogP contribution in [0, 0.1) is 13.8 Å². The first kappa shape index (κ1) is 12.7. The van der Waals surface area contributed by atoms with Gasteiger partial charge in [-0.25, -0.2) is 14.2 Å². The lowest BCUT2D eigenvalue weighted by Crippen LogP contribution is -2.22. The smallest absolute Gasteiger partial charge is 0.416 e. The molecule has 19 heavy (non-hydrogen) atoms. The molecule has 0 fully saturated rings. The van der Waals surface area contributed by atoms with E-state index < -0.39 is 23.1 Å². The average molecular weight is 262 g/mol. The number of pyridine rings is 2. The van der Waals surface area contributed by atoms with Gasteiger partial charge in [0.15, 0.2) is 0 Å². The van der Waals surface area contributed by atoms with Crippen molar-refractivity contribution in [3.05, 3.63) is 39.4 Å². The van der Waals surface area contributed by atoms with E-state index in [0.29, 0.717) is 16.0 Å². The lowest BCUT2D eigenvalue weighted by Gasteiger charge is -2.10. The van der Waals surface area contributed by atoms with Crippen LogP contribution in [0.1, 0.15) is 21.7 Å². The molecule has 2 aromatic heterocycles. The first-order valence-electron chi connectivity index (χ1n) is 5.33. The number of aromatic carboxylic acids is 1. The average Bonchev–Trinajstić information content (AvgIpc) is 2.29. The number of carboxylic acid groups (broad SMARTS) is 2. The van der Waals surface area contributed by atoms with Gasteiger partial charge >= 0.3 is 12.1 Å². The van der Waals surface area contributed by atoms with Gasteiger partial charge in [-0.1, -0.05) is 0 Å². The highest BCUT2D eigenvalue weighted by Crippen LogP contribution is 2.16. The van der Waals surface area contributed by atoms with E-state index in [1.807, 2.05) is 0 Å². The third-order valence-electron chi connectivity index (χ3n) is 2.72. The van der Waals surface area contributed by atoms with Gasteiger partial charge in [-0.3, -0.25) is 9.78 Å². The highest BCUT2D eigenvalue weighted by atomic mass is 16.4. The van der Waals surface area contributed by atoms with Crippen LogP contribution in [-0.4, -0.2) is 31.8 Å². The summed E-state index contributed by atoms with van der Waals surface area (Å²) in [5, 5.41) is 18.1. The van der Waals surface area contributed by atoms with Crippen molar-refractivity contribution in [2.24, 2.45) is 0 Å². The molecular weight excluding hydrogens is 252 g/mol. The van der Waals surface area contributed by atoms with Gasteiger partial charge in [0.2, 0.25) is 5.43 Å². The van der Waals surface area contributed by atoms with Crippen LogP contribution in [0.15, 0.2) is 17.1 Å². The Kier molecular flexibility index (Phi) is 2.82. The minimum Gasteiger partial charge on any atom is -0.477 e. The molecule has 7 heteroatoms. The molecule has 98 valence electrons. The van der Waals surface area contributed by atoms with E-state index in [0.717, 1.165) is 6.20 Å². The fourth-order valence-electron chi connectivity index (χ4n) is 2.00. The Morgan fingerprint density at radius 1 is 1.26 bits per heavy atom. The van der Waals surface area contributed by atoms with E-state index in [9.17, 15) is 14.4 Å². The third-order valence-corrected chi connectivity index (χ3v) is 2.72. The third kappa shape index (κ3) is 1.95. The molecule has 2 N–H and O–H groups in total. The SMILES string of the molecule is Cc1cc2c(=O)c(C(=O)O)cn(C(=O)O)c2c(C)n1. The summed E-state index contributed by atoms with van der Waals surface area (Å²) >= 11 is 0. The van der Waals surface area contributed by atoms with Crippen LogP contribution < -0.4 is 5.43 Å². The van der Waals surface area contributed by atoms with E-state index in [4.69, 9.17) is 10.2 Å². The summed E-state index contributed by atoms with van der Waals surface area (Å²) in [4.78, 5) is 38.3. The fourth-order valence-corrected chi connectivity index (χ4v) is 2.00. The molecule has 0 bridgehead atoms. The molecule has 2 aromatic rings. The Hall–Kier alpha value is -2.70. The summed E-state index contributed by atoms with van der Waals surface area (Å²) in [5.74, 6) is -1.46. The standard InChI is InChI=1S/C12H10N2O5/c1-5-3-7-9(6(2)13-5)14(12(18)19)4-8(10(7)15)11(16)17/h3-4H,1-2H3,(H,16,17)(H,18,19). The zero-order valence-electron chi connectivity index (χ0n) is 10.2. The van der Waals surface area contributed by atoms with Crippen LogP contribution in [0.3, 0.4) is 0 Å². The molecule has 0 amide bonds. The Labute approximate surface area is 106 Å². The molecule has 0 unspecified atom stereocenters. The highest BCUT2D eigenvalue weighted by Gasteiger charge is 2.19. The van der Waals surface area contributed by atoms with Crippen molar-refractivity contribution < 1.29 is 19.8 Å². The van der Waals surface area contributed by atoms with E-state index in [1.165, 1.54) is 6.07 Å². The van der Waals surface area contributed by atoms with Crippen LogP contribution in [0.2, 0.25) is 0 Å². The largest absolute Gasteiger partial charge is 0.477 e. The molecule has 0 saturated carbocycles. The predicted molar refractivity (Wildman–Crippen MR) is 65.9 cm³/mol. The van der Waals surface area contributed by atoms with Gasteiger partial charge in [-0.15, -0.1) is 0 Å². The zero-order chi connectivity index (χ0) is 14.3. The number of rotatable bonds is 1. The van der Waals surface area contributed by atoms with Crippen molar-refractivity contribution in [2.75, 3.05) is 0 Å². The van der Waals surface area contributed by atoms with Gasteiger partial charge in [0.05, 0.1) is 16.6 Å². The first-order chi connectivity index (χ1) is 8.82. The van der Waals surface area contributed by atoms with Gasteiger partial charge in [-0.05, 0) is 19.9 Å². The minimum atomic E-state index is -1.46. The Balaban J connectivity index is 3.10. The van der Waals surface area contributed by atoms with Crippen molar-refractivity contribution in [1.29, 1.82) is 0 Å². The molecular formula is C12H10N2O5. The Bertz CT molecular complexity index is 776. The van der Waals surface area contributed by atoms with Crippen LogP contribution in [-0.2, 0) is 0 Å². The lowest BCUT2D eigenvalue weighted by atomic mass is 10.1. The first-order valence-corrected chi connectivity index (χ1v) is 5.33. The van der Waals surface area contributed by atoms with E-state index in [1.54, 1.807) is 13.8 Å². The van der Waals surface area contributed by atoms with Crippen LogP contribution in [0.5, 0.6) is 0 Å². The maximum absolute atomic E-state index is 12.0. The molecule has 2 heterocycles. The van der Waals surface area contributed by atoms with Crippen molar-refractivity contribution in [3.8, 4) is 0 Å². The van der Waals surface area contributed by atoms with Gasteiger partial charge in [0, 0.05) is 11.9 Å². The summed E-state index contributed by atoms with van der Waals surface area (Å²) in [6.07, 6.45) is -0.569. The van der Waals surface area contributed by atoms with Crippen LogP contribution in [0.4, 0.5) is 4.79 Å². The maximum Gasteiger partial charge on any atom is 0.416 e. The topological polar surface area (TPSA) is 109 Å². The number of carbonyl (C=O) groups is 2. The van der Waals surface area contributed by atoms with E-state index in [-0.39, 0.29) is 10.9 Å². The number of nitrogens with zero attached hydrogens (tertiary/aromatic N) is 2. The van der Waals surface area contributed by atoms with Crippen LogP contribution >= 0.6 is 0 Å². The van der Waals surface area contributed by atoms with Gasteiger partial charge in [0.1, 0.15) is 5.56 Å². The van der Waals surface area contributed by atoms with Crippen molar-refractivity contribution in [2.45, 2.75) is 13.8 Å². The van der Waals surface area contributed by atoms with Crippen molar-refractivity contribution in [1.82, 2.24) is 9.55 Å². The highest BCUT2D eigenvalue weighted by molar-refractivity contribution is 5.96. The van der Waals surface area contributed by atoms with E-state index >= 15 is 0 Å². The molecule has 0 aliphatic heterocycles. The maximum atomic E-state index is 12.0. The van der Waals surface area contributed by atoms with Crippen LogP contribution in [0.25, 0.3) is 10.9 Å².